The van der Waals surface area contributed by atoms with Crippen LogP contribution in [0.25, 0.3) is 6.08 Å². The van der Waals surface area contributed by atoms with E-state index in [0.29, 0.717) is 11.3 Å². The number of benzene rings is 1. The molecular formula is C13H10BrNO4S2. The Kier molecular flexibility index (Phi) is 4.81. The number of rotatable bonds is 5. The van der Waals surface area contributed by atoms with Gasteiger partial charge in [-0.3, -0.25) is 4.72 Å². The molecule has 1 heterocycles. The summed E-state index contributed by atoms with van der Waals surface area (Å²) in [5.41, 5.74) is 1.08. The van der Waals surface area contributed by atoms with Gasteiger partial charge >= 0.3 is 5.97 Å². The highest BCUT2D eigenvalue weighted by molar-refractivity contribution is 9.11. The van der Waals surface area contributed by atoms with Crippen molar-refractivity contribution in [2.75, 3.05) is 4.72 Å². The lowest BCUT2D eigenvalue weighted by Crippen LogP contribution is -2.11. The van der Waals surface area contributed by atoms with Crippen LogP contribution in [0.15, 0.2) is 50.5 Å². The van der Waals surface area contributed by atoms with Crippen molar-refractivity contribution in [3.8, 4) is 0 Å². The highest BCUT2D eigenvalue weighted by atomic mass is 79.9. The van der Waals surface area contributed by atoms with E-state index in [1.54, 1.807) is 30.3 Å². The molecule has 0 aliphatic carbocycles. The summed E-state index contributed by atoms with van der Waals surface area (Å²) < 4.78 is 27.6. The maximum atomic E-state index is 12.1. The van der Waals surface area contributed by atoms with Crippen LogP contribution < -0.4 is 4.72 Å². The van der Waals surface area contributed by atoms with Gasteiger partial charge < -0.3 is 5.11 Å². The SMILES string of the molecule is O=C(O)/C=C/c1ccc(NS(=O)(=O)c2ccc(Br)s2)cc1. The van der Waals surface area contributed by atoms with E-state index in [1.165, 1.54) is 12.1 Å². The van der Waals surface area contributed by atoms with Crippen LogP contribution in [0.4, 0.5) is 5.69 Å². The van der Waals surface area contributed by atoms with E-state index in [9.17, 15) is 13.2 Å². The normalized spacial score (nSPS) is 11.7. The summed E-state index contributed by atoms with van der Waals surface area (Å²) >= 11 is 4.34. The van der Waals surface area contributed by atoms with Crippen molar-refractivity contribution in [2.24, 2.45) is 0 Å². The van der Waals surface area contributed by atoms with Gasteiger partial charge in [0.05, 0.1) is 3.79 Å². The minimum Gasteiger partial charge on any atom is -0.478 e. The van der Waals surface area contributed by atoms with E-state index in [1.807, 2.05) is 0 Å². The van der Waals surface area contributed by atoms with E-state index in [4.69, 9.17) is 5.11 Å². The summed E-state index contributed by atoms with van der Waals surface area (Å²) in [6, 6.07) is 9.58. The number of thiophene rings is 1. The van der Waals surface area contributed by atoms with Gasteiger partial charge in [0.1, 0.15) is 4.21 Å². The zero-order valence-corrected chi connectivity index (χ0v) is 13.7. The van der Waals surface area contributed by atoms with Crippen LogP contribution in [-0.4, -0.2) is 19.5 Å². The zero-order valence-electron chi connectivity index (χ0n) is 10.5. The molecule has 2 N–H and O–H groups in total. The fraction of sp³-hybridized carbons (Fsp3) is 0. The van der Waals surface area contributed by atoms with Crippen LogP contribution in [0, 0.1) is 0 Å². The van der Waals surface area contributed by atoms with Crippen molar-refractivity contribution < 1.29 is 18.3 Å². The molecule has 21 heavy (non-hydrogen) atoms. The van der Waals surface area contributed by atoms with E-state index in [2.05, 4.69) is 20.7 Å². The first kappa shape index (κ1) is 15.7. The van der Waals surface area contributed by atoms with Gasteiger partial charge in [0.25, 0.3) is 10.0 Å². The maximum Gasteiger partial charge on any atom is 0.328 e. The predicted molar refractivity (Wildman–Crippen MR) is 85.9 cm³/mol. The highest BCUT2D eigenvalue weighted by Gasteiger charge is 2.16. The topological polar surface area (TPSA) is 83.5 Å². The number of anilines is 1. The minimum absolute atomic E-state index is 0.212. The van der Waals surface area contributed by atoms with Crippen LogP contribution >= 0.6 is 27.3 Å². The standard InChI is InChI=1S/C13H10BrNO4S2/c14-11-6-8-13(20-11)21(18,19)15-10-4-1-9(2-5-10)3-7-12(16)17/h1-8,15H,(H,16,17)/b7-3+. The Labute approximate surface area is 134 Å². The van der Waals surface area contributed by atoms with Crippen molar-refractivity contribution in [1.82, 2.24) is 0 Å². The van der Waals surface area contributed by atoms with Crippen LogP contribution in [-0.2, 0) is 14.8 Å². The van der Waals surface area contributed by atoms with Gasteiger partial charge in [-0.15, -0.1) is 11.3 Å². The molecule has 0 unspecified atom stereocenters. The van der Waals surface area contributed by atoms with Gasteiger partial charge in [0, 0.05) is 11.8 Å². The van der Waals surface area contributed by atoms with Crippen molar-refractivity contribution in [2.45, 2.75) is 4.21 Å². The number of carbonyl (C=O) groups is 1. The Morgan fingerprint density at radius 1 is 1.19 bits per heavy atom. The third-order valence-electron chi connectivity index (χ3n) is 2.39. The molecule has 0 bridgehead atoms. The summed E-state index contributed by atoms with van der Waals surface area (Å²) in [7, 11) is -3.60. The molecule has 0 aliphatic rings. The molecule has 1 aromatic carbocycles. The molecule has 0 spiro atoms. The average Bonchev–Trinajstić information content (AvgIpc) is 2.85. The van der Waals surface area contributed by atoms with E-state index in [0.717, 1.165) is 21.2 Å². The van der Waals surface area contributed by atoms with Crippen LogP contribution in [0.1, 0.15) is 5.56 Å². The predicted octanol–water partition coefficient (Wildman–Crippen LogP) is 3.41. The fourth-order valence-electron chi connectivity index (χ4n) is 1.48. The Hall–Kier alpha value is -1.64. The summed E-state index contributed by atoms with van der Waals surface area (Å²) in [5, 5.41) is 8.53. The molecule has 2 rings (SSSR count). The zero-order chi connectivity index (χ0) is 15.5. The number of aliphatic carboxylic acids is 1. The quantitative estimate of drug-likeness (QED) is 0.769. The Morgan fingerprint density at radius 2 is 1.86 bits per heavy atom. The van der Waals surface area contributed by atoms with Gasteiger partial charge in [0.15, 0.2) is 0 Å². The van der Waals surface area contributed by atoms with Crippen molar-refractivity contribution in [3.05, 3.63) is 51.8 Å². The van der Waals surface area contributed by atoms with Gasteiger partial charge in [0.2, 0.25) is 0 Å². The minimum atomic E-state index is -3.60. The molecule has 8 heteroatoms. The molecule has 0 atom stereocenters. The van der Waals surface area contributed by atoms with Crippen LogP contribution in [0.5, 0.6) is 0 Å². The lowest BCUT2D eigenvalue weighted by Gasteiger charge is -2.06. The Bertz CT molecular complexity index is 779. The first-order valence-electron chi connectivity index (χ1n) is 5.66. The molecule has 0 saturated carbocycles. The summed E-state index contributed by atoms with van der Waals surface area (Å²) in [5.74, 6) is -1.04. The fourth-order valence-corrected chi connectivity index (χ4v) is 4.55. The number of nitrogens with one attached hydrogen (secondary N) is 1. The number of hydrogen-bond acceptors (Lipinski definition) is 4. The number of carboxylic acid groups (broad SMARTS) is 1. The smallest absolute Gasteiger partial charge is 0.328 e. The third kappa shape index (κ3) is 4.42. The monoisotopic (exact) mass is 387 g/mol. The lowest BCUT2D eigenvalue weighted by atomic mass is 10.2. The molecule has 2 aromatic rings. The number of hydrogen-bond donors (Lipinski definition) is 2. The second-order valence-corrected chi connectivity index (χ2v) is 8.33. The Balaban J connectivity index is 2.15. The molecule has 5 nitrogen and oxygen atoms in total. The van der Waals surface area contributed by atoms with Crippen molar-refractivity contribution in [3.63, 3.8) is 0 Å². The van der Waals surface area contributed by atoms with E-state index >= 15 is 0 Å². The second kappa shape index (κ2) is 6.42. The maximum absolute atomic E-state index is 12.1. The van der Waals surface area contributed by atoms with Crippen LogP contribution in [0.2, 0.25) is 0 Å². The van der Waals surface area contributed by atoms with Gasteiger partial charge in [-0.1, -0.05) is 12.1 Å². The molecule has 0 radical (unpaired) electrons. The largest absolute Gasteiger partial charge is 0.478 e. The molecule has 0 amide bonds. The van der Waals surface area contributed by atoms with Crippen LogP contribution in [0.3, 0.4) is 0 Å². The van der Waals surface area contributed by atoms with E-state index in [-0.39, 0.29) is 4.21 Å². The number of carboxylic acids is 1. The van der Waals surface area contributed by atoms with Crippen molar-refractivity contribution >= 4 is 55.0 Å². The molecule has 0 aliphatic heterocycles. The Morgan fingerprint density at radius 3 is 2.38 bits per heavy atom. The first-order valence-corrected chi connectivity index (χ1v) is 8.75. The molecule has 1 aromatic heterocycles. The molecule has 0 saturated heterocycles. The third-order valence-corrected chi connectivity index (χ3v) is 5.89. The van der Waals surface area contributed by atoms with Crippen molar-refractivity contribution in [1.29, 1.82) is 0 Å². The summed E-state index contributed by atoms with van der Waals surface area (Å²) in [4.78, 5) is 10.4. The summed E-state index contributed by atoms with van der Waals surface area (Å²) in [6.45, 7) is 0. The van der Waals surface area contributed by atoms with Gasteiger partial charge in [-0.05, 0) is 51.8 Å². The summed E-state index contributed by atoms with van der Waals surface area (Å²) in [6.07, 6.45) is 2.44. The average molecular weight is 388 g/mol. The van der Waals surface area contributed by atoms with E-state index < -0.39 is 16.0 Å². The highest BCUT2D eigenvalue weighted by Crippen LogP contribution is 2.27. The molecule has 0 fully saturated rings. The molecule has 110 valence electrons. The number of sulfonamides is 1. The second-order valence-electron chi connectivity index (χ2n) is 3.96. The van der Waals surface area contributed by atoms with Gasteiger partial charge in [-0.2, -0.15) is 0 Å². The number of halogens is 1. The first-order chi connectivity index (χ1) is 9.87. The lowest BCUT2D eigenvalue weighted by molar-refractivity contribution is -0.131. The van der Waals surface area contributed by atoms with Gasteiger partial charge in [-0.25, -0.2) is 13.2 Å². The molecular weight excluding hydrogens is 378 g/mol.